The average Bonchev–Trinajstić information content (AvgIpc) is 3.21. The first kappa shape index (κ1) is 18.3. The predicted octanol–water partition coefficient (Wildman–Crippen LogP) is 3.72. The van der Waals surface area contributed by atoms with Crippen molar-refractivity contribution in [3.05, 3.63) is 47.2 Å². The molecule has 144 valence electrons. The van der Waals surface area contributed by atoms with E-state index in [4.69, 9.17) is 0 Å². The topological polar surface area (TPSA) is 47.6 Å². The Morgan fingerprint density at radius 2 is 2.15 bits per heavy atom. The quantitative estimate of drug-likeness (QED) is 0.798. The number of carbonyl (C=O) groups is 1. The molecule has 0 aliphatic carbocycles. The molecule has 4 heterocycles. The number of rotatable bonds is 6. The number of benzene rings is 1. The molecular formula is C21H28N4OS. The zero-order valence-corrected chi connectivity index (χ0v) is 16.6. The van der Waals surface area contributed by atoms with Gasteiger partial charge >= 0.3 is 6.03 Å². The highest BCUT2D eigenvalue weighted by Gasteiger charge is 2.40. The first-order valence-electron chi connectivity index (χ1n) is 9.76. The van der Waals surface area contributed by atoms with E-state index in [9.17, 15) is 4.79 Å². The number of amides is 2. The summed E-state index contributed by atoms with van der Waals surface area (Å²) in [6.45, 7) is 4.13. The van der Waals surface area contributed by atoms with Gasteiger partial charge < -0.3 is 15.5 Å². The Morgan fingerprint density at radius 3 is 2.85 bits per heavy atom. The van der Waals surface area contributed by atoms with Gasteiger partial charge in [-0.25, -0.2) is 4.79 Å². The number of nitrogens with zero attached hydrogens (tertiary/aromatic N) is 2. The molecule has 3 fully saturated rings. The van der Waals surface area contributed by atoms with Crippen molar-refractivity contribution >= 4 is 28.7 Å². The van der Waals surface area contributed by atoms with Crippen molar-refractivity contribution < 1.29 is 4.79 Å². The molecule has 0 saturated carbocycles. The molecule has 0 spiro atoms. The van der Waals surface area contributed by atoms with Crippen LogP contribution in [0.25, 0.3) is 0 Å². The number of hydrogen-bond acceptors (Lipinski definition) is 4. The third-order valence-corrected chi connectivity index (χ3v) is 6.68. The fraction of sp³-hybridized carbons (Fsp3) is 0.476. The molecule has 1 aromatic heterocycles. The van der Waals surface area contributed by atoms with Gasteiger partial charge in [0.15, 0.2) is 0 Å². The first-order valence-corrected chi connectivity index (χ1v) is 10.7. The van der Waals surface area contributed by atoms with Crippen LogP contribution in [-0.4, -0.2) is 50.2 Å². The van der Waals surface area contributed by atoms with Crippen molar-refractivity contribution in [2.45, 2.75) is 18.9 Å². The minimum atomic E-state index is -0.101. The molecule has 4 atom stereocenters. The van der Waals surface area contributed by atoms with E-state index in [1.165, 1.54) is 18.5 Å². The van der Waals surface area contributed by atoms with Crippen LogP contribution in [0.4, 0.5) is 16.2 Å². The van der Waals surface area contributed by atoms with Crippen LogP contribution in [-0.2, 0) is 0 Å². The van der Waals surface area contributed by atoms with Crippen LogP contribution in [0.15, 0.2) is 47.2 Å². The molecule has 2 aromatic rings. The summed E-state index contributed by atoms with van der Waals surface area (Å²) in [5.41, 5.74) is 2.16. The lowest BCUT2D eigenvalue weighted by atomic mass is 9.75. The number of thiophene rings is 1. The monoisotopic (exact) mass is 384 g/mol. The lowest BCUT2D eigenvalue weighted by Crippen LogP contribution is -2.58. The zero-order valence-electron chi connectivity index (χ0n) is 15.8. The highest BCUT2D eigenvalue weighted by atomic mass is 32.1. The van der Waals surface area contributed by atoms with E-state index >= 15 is 0 Å². The van der Waals surface area contributed by atoms with Gasteiger partial charge in [-0.15, -0.1) is 0 Å². The van der Waals surface area contributed by atoms with Gasteiger partial charge in [-0.05, 0) is 54.8 Å². The second-order valence-electron chi connectivity index (χ2n) is 7.76. The first-order chi connectivity index (χ1) is 13.2. The number of para-hydroxylation sites is 1. The van der Waals surface area contributed by atoms with Crippen molar-refractivity contribution in [3.63, 3.8) is 0 Å². The Balaban J connectivity index is 1.26. The highest BCUT2D eigenvalue weighted by molar-refractivity contribution is 7.08. The van der Waals surface area contributed by atoms with Crippen molar-refractivity contribution in [2.75, 3.05) is 43.4 Å². The summed E-state index contributed by atoms with van der Waals surface area (Å²) in [6.07, 6.45) is 2.47. The Hall–Kier alpha value is -2.05. The maximum Gasteiger partial charge on any atom is 0.319 e. The molecule has 5 rings (SSSR count). The number of hydrogen-bond donors (Lipinski definition) is 2. The molecular weight excluding hydrogens is 356 g/mol. The zero-order chi connectivity index (χ0) is 18.6. The van der Waals surface area contributed by atoms with Gasteiger partial charge in [0.05, 0.1) is 5.69 Å². The summed E-state index contributed by atoms with van der Waals surface area (Å²) in [6, 6.07) is 12.9. The van der Waals surface area contributed by atoms with Crippen molar-refractivity contribution in [1.29, 1.82) is 0 Å². The molecule has 2 bridgehead atoms. The maximum atomic E-state index is 12.1. The smallest absolute Gasteiger partial charge is 0.319 e. The molecule has 1 unspecified atom stereocenters. The van der Waals surface area contributed by atoms with Crippen LogP contribution in [0.3, 0.4) is 0 Å². The van der Waals surface area contributed by atoms with E-state index in [0.717, 1.165) is 37.8 Å². The molecule has 2 N–H and O–H groups in total. The molecule has 1 aromatic carbocycles. The number of nitrogens with one attached hydrogen (secondary N) is 2. The van der Waals surface area contributed by atoms with Gasteiger partial charge in [-0.1, -0.05) is 18.2 Å². The second kappa shape index (κ2) is 8.31. The number of carbonyl (C=O) groups excluding carboxylic acids is 1. The summed E-state index contributed by atoms with van der Waals surface area (Å²) in [7, 11) is 2.20. The fourth-order valence-electron chi connectivity index (χ4n) is 4.53. The van der Waals surface area contributed by atoms with Gasteiger partial charge in [0.2, 0.25) is 0 Å². The summed E-state index contributed by atoms with van der Waals surface area (Å²) < 4.78 is 0. The summed E-state index contributed by atoms with van der Waals surface area (Å²) in [5.74, 6) is 1.47. The van der Waals surface area contributed by atoms with Crippen LogP contribution in [0.5, 0.6) is 0 Å². The molecule has 0 radical (unpaired) electrons. The van der Waals surface area contributed by atoms with Gasteiger partial charge in [0.1, 0.15) is 0 Å². The van der Waals surface area contributed by atoms with E-state index in [1.807, 2.05) is 16.8 Å². The van der Waals surface area contributed by atoms with E-state index in [0.29, 0.717) is 12.0 Å². The molecule has 27 heavy (non-hydrogen) atoms. The Bertz CT molecular complexity index is 736. The summed E-state index contributed by atoms with van der Waals surface area (Å²) in [4.78, 5) is 17.0. The van der Waals surface area contributed by atoms with Gasteiger partial charge in [-0.3, -0.25) is 4.90 Å². The standard InChI is InChI=1S/C21H28N4OS/c1-24(19-5-3-2-4-6-19)13-17-14-25-9-7-16(17)11-20(25)12-22-21(26)23-18-8-10-27-15-18/h2-6,8,10,15-17,20H,7,9,11-14H2,1H3,(H2,22,23,26)/t16-,17-,20+/m0/s1. The molecule has 5 nitrogen and oxygen atoms in total. The number of anilines is 2. The van der Waals surface area contributed by atoms with Crippen LogP contribution < -0.4 is 15.5 Å². The Morgan fingerprint density at radius 1 is 1.30 bits per heavy atom. The second-order valence-corrected chi connectivity index (χ2v) is 8.54. The lowest BCUT2D eigenvalue weighted by Gasteiger charge is -2.50. The van der Waals surface area contributed by atoms with Crippen LogP contribution in [0.2, 0.25) is 0 Å². The van der Waals surface area contributed by atoms with Crippen molar-refractivity contribution in [2.24, 2.45) is 11.8 Å². The minimum Gasteiger partial charge on any atom is -0.374 e. The average molecular weight is 385 g/mol. The normalized spacial score (nSPS) is 26.6. The third-order valence-electron chi connectivity index (χ3n) is 6.00. The third kappa shape index (κ3) is 4.45. The SMILES string of the molecule is CN(C[C@H]1CN2CC[C@H]1C[C@@H]2CNC(=O)Nc1ccsc1)c1ccccc1. The van der Waals surface area contributed by atoms with Crippen LogP contribution in [0.1, 0.15) is 12.8 Å². The maximum absolute atomic E-state index is 12.1. The summed E-state index contributed by atoms with van der Waals surface area (Å²) >= 11 is 1.59. The molecule has 3 aliphatic heterocycles. The minimum absolute atomic E-state index is 0.101. The largest absolute Gasteiger partial charge is 0.374 e. The van der Waals surface area contributed by atoms with Gasteiger partial charge in [0.25, 0.3) is 0 Å². The van der Waals surface area contributed by atoms with E-state index in [1.54, 1.807) is 11.3 Å². The molecule has 6 heteroatoms. The van der Waals surface area contributed by atoms with Crippen molar-refractivity contribution in [3.8, 4) is 0 Å². The van der Waals surface area contributed by atoms with Crippen LogP contribution >= 0.6 is 11.3 Å². The van der Waals surface area contributed by atoms with Crippen LogP contribution in [0, 0.1) is 11.8 Å². The highest BCUT2D eigenvalue weighted by Crippen LogP contribution is 2.36. The summed E-state index contributed by atoms with van der Waals surface area (Å²) in [5, 5.41) is 9.86. The van der Waals surface area contributed by atoms with E-state index in [-0.39, 0.29) is 6.03 Å². The Kier molecular flexibility index (Phi) is 5.64. The predicted molar refractivity (Wildman–Crippen MR) is 113 cm³/mol. The number of urea groups is 1. The molecule has 2 amide bonds. The molecule has 3 saturated heterocycles. The van der Waals surface area contributed by atoms with Gasteiger partial charge in [-0.2, -0.15) is 11.3 Å². The lowest BCUT2D eigenvalue weighted by molar-refractivity contribution is 0.00612. The van der Waals surface area contributed by atoms with E-state index < -0.39 is 0 Å². The van der Waals surface area contributed by atoms with Crippen molar-refractivity contribution in [1.82, 2.24) is 10.2 Å². The molecule has 3 aliphatic rings. The number of piperidine rings is 3. The van der Waals surface area contributed by atoms with Gasteiger partial charge in [0, 0.05) is 43.8 Å². The fourth-order valence-corrected chi connectivity index (χ4v) is 5.12. The van der Waals surface area contributed by atoms with E-state index in [2.05, 4.69) is 57.8 Å². The number of fused-ring (bicyclic) bond motifs is 3. The Labute approximate surface area is 165 Å².